The highest BCUT2D eigenvalue weighted by Crippen LogP contribution is 2.64. The molecule has 0 aromatic heterocycles. The van der Waals surface area contributed by atoms with Gasteiger partial charge in [0.15, 0.2) is 6.10 Å². The molecule has 44 heavy (non-hydrogen) atoms. The van der Waals surface area contributed by atoms with E-state index in [0.717, 1.165) is 35.4 Å². The van der Waals surface area contributed by atoms with Gasteiger partial charge in [0.1, 0.15) is 17.1 Å². The van der Waals surface area contributed by atoms with Gasteiger partial charge in [0.2, 0.25) is 6.10 Å². The molecule has 1 N–H and O–H groups in total. The van der Waals surface area contributed by atoms with Crippen LogP contribution in [0.1, 0.15) is 75.3 Å². The van der Waals surface area contributed by atoms with Crippen molar-refractivity contribution in [1.82, 2.24) is 4.90 Å². The molecule has 0 amide bonds. The van der Waals surface area contributed by atoms with Crippen LogP contribution in [0.2, 0.25) is 0 Å². The SMILES string of the molecule is Cc1ccc2c3c1O[C@H]1C(OC(=O)[C@@H](C)CC(=O)O[C@H](C(=O)OC(C)(C)C)c4ccccc4)=CC[C@@]4(O)[C@@H](C2)N(C)CC[C@]314. The number of likely N-dealkylation sites (N-methyl/N-ethyl adjacent to an activating group) is 1. The zero-order valence-corrected chi connectivity index (χ0v) is 26.2. The molecule has 2 heterocycles. The first-order valence-electron chi connectivity index (χ1n) is 15.4. The normalized spacial score (nSPS) is 28.1. The standard InChI is InChI=1S/C35H41NO8/c1-20-12-13-23-19-25-35(40)15-14-24(30-34(35,16-17-36(25)6)27(23)28(20)43-30)41-31(38)21(2)18-26(37)42-29(22-10-8-7-9-11-22)32(39)44-33(3,4)5/h7-14,21,25,29-30,40H,15-19H2,1-6H3/t21-,25+,29-,30-,34-,35+/m0/s1. The smallest absolute Gasteiger partial charge is 0.352 e. The monoisotopic (exact) mass is 603 g/mol. The number of aryl methyl sites for hydroxylation is 1. The van der Waals surface area contributed by atoms with Gasteiger partial charge in [0.05, 0.1) is 23.4 Å². The third-order valence-electron chi connectivity index (χ3n) is 9.64. The maximum absolute atomic E-state index is 13.4. The van der Waals surface area contributed by atoms with E-state index in [1.54, 1.807) is 64.1 Å². The van der Waals surface area contributed by atoms with E-state index in [4.69, 9.17) is 18.9 Å². The van der Waals surface area contributed by atoms with Crippen molar-refractivity contribution in [2.75, 3.05) is 13.6 Å². The average Bonchev–Trinajstić information content (AvgIpc) is 3.32. The highest BCUT2D eigenvalue weighted by atomic mass is 16.6. The largest absolute Gasteiger partial charge is 0.481 e. The van der Waals surface area contributed by atoms with Gasteiger partial charge < -0.3 is 29.0 Å². The van der Waals surface area contributed by atoms with Crippen LogP contribution >= 0.6 is 0 Å². The lowest BCUT2D eigenvalue weighted by atomic mass is 9.50. The molecule has 0 unspecified atom stereocenters. The minimum atomic E-state index is -1.27. The van der Waals surface area contributed by atoms with Gasteiger partial charge in [-0.3, -0.25) is 9.59 Å². The maximum Gasteiger partial charge on any atom is 0.352 e. The first-order chi connectivity index (χ1) is 20.7. The topological polar surface area (TPSA) is 112 Å². The van der Waals surface area contributed by atoms with Crippen LogP contribution in [0.5, 0.6) is 5.75 Å². The second kappa shape index (κ2) is 10.7. The number of benzene rings is 2. The van der Waals surface area contributed by atoms with Crippen molar-refractivity contribution in [3.05, 3.63) is 76.6 Å². The van der Waals surface area contributed by atoms with Gasteiger partial charge in [0, 0.05) is 23.6 Å². The fourth-order valence-electron chi connectivity index (χ4n) is 7.55. The van der Waals surface area contributed by atoms with Crippen LogP contribution in [0.25, 0.3) is 0 Å². The van der Waals surface area contributed by atoms with Gasteiger partial charge in [-0.25, -0.2) is 4.79 Å². The summed E-state index contributed by atoms with van der Waals surface area (Å²) in [5.74, 6) is -1.77. The van der Waals surface area contributed by atoms with E-state index < -0.39 is 52.7 Å². The van der Waals surface area contributed by atoms with Crippen LogP contribution in [0.4, 0.5) is 0 Å². The van der Waals surface area contributed by atoms with Crippen molar-refractivity contribution < 1.29 is 38.4 Å². The second-order valence-electron chi connectivity index (χ2n) is 13.7. The predicted molar refractivity (Wildman–Crippen MR) is 161 cm³/mol. The Balaban J connectivity index is 1.19. The number of rotatable bonds is 7. The Hall–Kier alpha value is -3.69. The summed E-state index contributed by atoms with van der Waals surface area (Å²) in [4.78, 5) is 41.7. The highest BCUT2D eigenvalue weighted by molar-refractivity contribution is 5.84. The van der Waals surface area contributed by atoms with Crippen molar-refractivity contribution in [3.63, 3.8) is 0 Å². The molecule has 9 nitrogen and oxygen atoms in total. The first kappa shape index (κ1) is 30.3. The number of hydrogen-bond acceptors (Lipinski definition) is 9. The summed E-state index contributed by atoms with van der Waals surface area (Å²) in [6.07, 6.45) is 1.26. The average molecular weight is 604 g/mol. The Labute approximate surface area is 258 Å². The van der Waals surface area contributed by atoms with E-state index in [0.29, 0.717) is 24.2 Å². The molecule has 2 aliphatic heterocycles. The number of carbonyl (C=O) groups excluding carboxylic acids is 3. The molecule has 0 saturated carbocycles. The molecule has 9 heteroatoms. The molecule has 1 fully saturated rings. The summed E-state index contributed by atoms with van der Waals surface area (Å²) >= 11 is 0. The summed E-state index contributed by atoms with van der Waals surface area (Å²) in [5.41, 5.74) is 1.07. The molecule has 234 valence electrons. The van der Waals surface area contributed by atoms with Crippen LogP contribution in [0, 0.1) is 12.8 Å². The van der Waals surface area contributed by atoms with E-state index in [9.17, 15) is 19.5 Å². The van der Waals surface area contributed by atoms with Gasteiger partial charge in [-0.05, 0) is 71.3 Å². The Morgan fingerprint density at radius 1 is 1.11 bits per heavy atom. The van der Waals surface area contributed by atoms with E-state index in [-0.39, 0.29) is 12.5 Å². The summed E-state index contributed by atoms with van der Waals surface area (Å²) in [5, 5.41) is 12.3. The van der Waals surface area contributed by atoms with Crippen LogP contribution in [-0.4, -0.2) is 64.9 Å². The zero-order valence-electron chi connectivity index (χ0n) is 26.2. The summed E-state index contributed by atoms with van der Waals surface area (Å²) in [6, 6.07) is 12.7. The molecular formula is C35H41NO8. The van der Waals surface area contributed by atoms with Crippen LogP contribution < -0.4 is 4.74 Å². The van der Waals surface area contributed by atoms with Gasteiger partial charge >= 0.3 is 17.9 Å². The highest BCUT2D eigenvalue weighted by Gasteiger charge is 2.71. The van der Waals surface area contributed by atoms with Crippen molar-refractivity contribution in [3.8, 4) is 5.75 Å². The molecule has 2 aromatic carbocycles. The quantitative estimate of drug-likeness (QED) is 0.362. The summed E-state index contributed by atoms with van der Waals surface area (Å²) in [6.45, 7) is 9.57. The molecule has 2 aromatic rings. The molecule has 4 aliphatic rings. The van der Waals surface area contributed by atoms with Crippen molar-refractivity contribution in [2.24, 2.45) is 5.92 Å². The lowest BCUT2D eigenvalue weighted by molar-refractivity contribution is -0.178. The molecular weight excluding hydrogens is 562 g/mol. The predicted octanol–water partition coefficient (Wildman–Crippen LogP) is 4.47. The fraction of sp³-hybridized carbons (Fsp3) is 0.514. The van der Waals surface area contributed by atoms with E-state index in [1.807, 2.05) is 20.0 Å². The third kappa shape index (κ3) is 4.81. The van der Waals surface area contributed by atoms with Gasteiger partial charge in [-0.1, -0.05) is 49.4 Å². The van der Waals surface area contributed by atoms with Crippen LogP contribution in [0.3, 0.4) is 0 Å². The molecule has 1 saturated heterocycles. The van der Waals surface area contributed by atoms with E-state index in [2.05, 4.69) is 11.0 Å². The van der Waals surface area contributed by atoms with Gasteiger partial charge in [-0.15, -0.1) is 0 Å². The van der Waals surface area contributed by atoms with Gasteiger partial charge in [0.25, 0.3) is 0 Å². The summed E-state index contributed by atoms with van der Waals surface area (Å²) in [7, 11) is 2.05. The maximum atomic E-state index is 13.4. The van der Waals surface area contributed by atoms with Crippen LogP contribution in [-0.2, 0) is 40.4 Å². The Morgan fingerprint density at radius 2 is 1.84 bits per heavy atom. The van der Waals surface area contributed by atoms with Crippen molar-refractivity contribution in [1.29, 1.82) is 0 Å². The second-order valence-corrected chi connectivity index (χ2v) is 13.7. The van der Waals surface area contributed by atoms with Gasteiger partial charge in [-0.2, -0.15) is 0 Å². The lowest BCUT2D eigenvalue weighted by Crippen LogP contribution is -2.74. The number of piperidine rings is 1. The molecule has 6 rings (SSSR count). The Bertz CT molecular complexity index is 1530. The number of likely N-dealkylation sites (tertiary alicyclic amines) is 1. The van der Waals surface area contributed by atoms with Crippen molar-refractivity contribution in [2.45, 2.75) is 95.2 Å². The Kier molecular flexibility index (Phi) is 7.40. The molecule has 2 aliphatic carbocycles. The van der Waals surface area contributed by atoms with E-state index >= 15 is 0 Å². The minimum Gasteiger partial charge on any atom is -0.481 e. The number of nitrogens with zero attached hydrogens (tertiary/aromatic N) is 1. The van der Waals surface area contributed by atoms with E-state index in [1.165, 1.54) is 0 Å². The fourth-order valence-corrected chi connectivity index (χ4v) is 7.55. The first-order valence-corrected chi connectivity index (χ1v) is 15.4. The molecule has 2 bridgehead atoms. The molecule has 1 spiro atoms. The number of aliphatic hydroxyl groups is 1. The lowest BCUT2D eigenvalue weighted by Gasteiger charge is -2.61. The number of ether oxygens (including phenoxy) is 4. The van der Waals surface area contributed by atoms with Crippen molar-refractivity contribution >= 4 is 17.9 Å². The Morgan fingerprint density at radius 3 is 2.55 bits per heavy atom. The minimum absolute atomic E-state index is 0.0896. The number of hydrogen-bond donors (Lipinski definition) is 1. The zero-order chi connectivity index (χ0) is 31.6. The third-order valence-corrected chi connectivity index (χ3v) is 9.64. The van der Waals surface area contributed by atoms with Crippen LogP contribution in [0.15, 0.2) is 54.3 Å². The molecule has 0 radical (unpaired) electrons. The summed E-state index contributed by atoms with van der Waals surface area (Å²) < 4.78 is 23.7. The number of esters is 3. The number of carbonyl (C=O) groups is 3. The molecule has 6 atom stereocenters.